The van der Waals surface area contributed by atoms with Crippen molar-refractivity contribution in [3.05, 3.63) is 76.5 Å². The SMILES string of the molecule is CC1=C(C(=O)OCc2ccc(C)cc2)C2CC(C)(N1)Oc1ccccc12. The largest absolute Gasteiger partial charge is 0.468 e. The minimum absolute atomic E-state index is 0.0169. The van der Waals surface area contributed by atoms with E-state index in [2.05, 4.69) is 5.32 Å². The Hall–Kier alpha value is -2.75. The number of hydrogen-bond donors (Lipinski definition) is 1. The summed E-state index contributed by atoms with van der Waals surface area (Å²) in [4.78, 5) is 12.9. The maximum atomic E-state index is 12.9. The van der Waals surface area contributed by atoms with Gasteiger partial charge in [-0.2, -0.15) is 0 Å². The molecule has 0 fully saturated rings. The second-order valence-corrected chi connectivity index (χ2v) is 7.35. The van der Waals surface area contributed by atoms with E-state index >= 15 is 0 Å². The minimum Gasteiger partial charge on any atom is -0.468 e. The molecule has 2 atom stereocenters. The predicted molar refractivity (Wildman–Crippen MR) is 99.6 cm³/mol. The van der Waals surface area contributed by atoms with E-state index in [4.69, 9.17) is 9.47 Å². The van der Waals surface area contributed by atoms with Crippen LogP contribution in [0.2, 0.25) is 0 Å². The first kappa shape index (κ1) is 16.7. The topological polar surface area (TPSA) is 47.6 Å². The number of hydrogen-bond acceptors (Lipinski definition) is 4. The van der Waals surface area contributed by atoms with Gasteiger partial charge in [-0.1, -0.05) is 48.0 Å². The number of esters is 1. The van der Waals surface area contributed by atoms with Gasteiger partial charge in [0, 0.05) is 23.6 Å². The lowest BCUT2D eigenvalue weighted by molar-refractivity contribution is -0.141. The zero-order valence-corrected chi connectivity index (χ0v) is 15.3. The second-order valence-electron chi connectivity index (χ2n) is 7.35. The minimum atomic E-state index is -0.496. The molecule has 2 heterocycles. The quantitative estimate of drug-likeness (QED) is 0.844. The molecule has 4 heteroatoms. The Morgan fingerprint density at radius 3 is 2.69 bits per heavy atom. The normalized spacial score (nSPS) is 23.6. The van der Waals surface area contributed by atoms with E-state index in [1.807, 2.05) is 69.3 Å². The summed E-state index contributed by atoms with van der Waals surface area (Å²) in [5.74, 6) is 0.547. The molecule has 0 spiro atoms. The van der Waals surface area contributed by atoms with Crippen LogP contribution < -0.4 is 10.1 Å². The van der Waals surface area contributed by atoms with Crippen LogP contribution in [0.5, 0.6) is 5.75 Å². The van der Waals surface area contributed by atoms with Gasteiger partial charge in [-0.25, -0.2) is 4.79 Å². The molecule has 134 valence electrons. The van der Waals surface area contributed by atoms with Gasteiger partial charge in [-0.3, -0.25) is 0 Å². The van der Waals surface area contributed by atoms with Crippen LogP contribution in [0.4, 0.5) is 0 Å². The van der Waals surface area contributed by atoms with Crippen LogP contribution in [0.25, 0.3) is 0 Å². The number of nitrogens with one attached hydrogen (secondary N) is 1. The number of allylic oxidation sites excluding steroid dienone is 1. The maximum Gasteiger partial charge on any atom is 0.336 e. The van der Waals surface area contributed by atoms with Crippen molar-refractivity contribution in [2.24, 2.45) is 0 Å². The zero-order valence-electron chi connectivity index (χ0n) is 15.3. The number of aryl methyl sites for hydroxylation is 1. The molecule has 0 radical (unpaired) electrons. The molecule has 2 aromatic carbocycles. The van der Waals surface area contributed by atoms with Crippen molar-refractivity contribution in [3.63, 3.8) is 0 Å². The molecule has 0 saturated heterocycles. The molecule has 2 aromatic rings. The van der Waals surface area contributed by atoms with Crippen LogP contribution in [-0.4, -0.2) is 11.7 Å². The zero-order chi connectivity index (χ0) is 18.3. The van der Waals surface area contributed by atoms with E-state index in [0.29, 0.717) is 12.0 Å². The lowest BCUT2D eigenvalue weighted by atomic mass is 9.78. The second kappa shape index (κ2) is 6.20. The first-order valence-corrected chi connectivity index (χ1v) is 8.95. The average Bonchev–Trinajstić information content (AvgIpc) is 2.60. The summed E-state index contributed by atoms with van der Waals surface area (Å²) in [6, 6.07) is 16.0. The molecular weight excluding hydrogens is 326 g/mol. The van der Waals surface area contributed by atoms with E-state index < -0.39 is 5.72 Å². The highest BCUT2D eigenvalue weighted by Gasteiger charge is 2.45. The van der Waals surface area contributed by atoms with E-state index in [9.17, 15) is 4.79 Å². The molecule has 0 amide bonds. The van der Waals surface area contributed by atoms with Crippen LogP contribution in [0.1, 0.15) is 42.9 Å². The number of fused-ring (bicyclic) bond motifs is 4. The monoisotopic (exact) mass is 349 g/mol. The summed E-state index contributed by atoms with van der Waals surface area (Å²) in [5.41, 5.74) is 4.26. The number of carbonyl (C=O) groups is 1. The summed E-state index contributed by atoms with van der Waals surface area (Å²) in [5, 5.41) is 3.36. The third-order valence-electron chi connectivity index (χ3n) is 5.14. The molecule has 26 heavy (non-hydrogen) atoms. The highest BCUT2D eigenvalue weighted by Crippen LogP contribution is 2.47. The fourth-order valence-electron chi connectivity index (χ4n) is 3.91. The summed E-state index contributed by atoms with van der Waals surface area (Å²) >= 11 is 0. The maximum absolute atomic E-state index is 12.9. The molecule has 2 aliphatic heterocycles. The van der Waals surface area contributed by atoms with Gasteiger partial charge in [0.05, 0.1) is 5.57 Å². The highest BCUT2D eigenvalue weighted by atomic mass is 16.5. The Morgan fingerprint density at radius 2 is 1.92 bits per heavy atom. The van der Waals surface area contributed by atoms with Crippen LogP contribution >= 0.6 is 0 Å². The van der Waals surface area contributed by atoms with E-state index in [0.717, 1.165) is 22.6 Å². The Bertz CT molecular complexity index is 885. The Balaban J connectivity index is 1.60. The molecule has 0 aliphatic carbocycles. The van der Waals surface area contributed by atoms with Gasteiger partial charge in [0.25, 0.3) is 0 Å². The van der Waals surface area contributed by atoms with Crippen molar-refractivity contribution >= 4 is 5.97 Å². The molecule has 2 aliphatic rings. The van der Waals surface area contributed by atoms with Crippen molar-refractivity contribution < 1.29 is 14.3 Å². The Kier molecular flexibility index (Phi) is 3.98. The molecule has 1 N–H and O–H groups in total. The van der Waals surface area contributed by atoms with Crippen LogP contribution in [0, 0.1) is 6.92 Å². The summed E-state index contributed by atoms with van der Waals surface area (Å²) in [6.45, 7) is 6.26. The van der Waals surface area contributed by atoms with E-state index in [1.165, 1.54) is 5.56 Å². The number of rotatable bonds is 3. The predicted octanol–water partition coefficient (Wildman–Crippen LogP) is 4.20. The molecule has 2 bridgehead atoms. The molecule has 2 unspecified atom stereocenters. The molecular formula is C22H23NO3. The molecule has 0 aromatic heterocycles. The van der Waals surface area contributed by atoms with Crippen LogP contribution in [0.3, 0.4) is 0 Å². The average molecular weight is 349 g/mol. The van der Waals surface area contributed by atoms with Gasteiger partial charge < -0.3 is 14.8 Å². The standard InChI is InChI=1S/C22H23NO3/c1-14-8-10-16(11-9-14)13-25-21(24)20-15(2)23-22(3)12-18(20)17-6-4-5-7-19(17)26-22/h4-11,18,23H,12-13H2,1-3H3. The van der Waals surface area contributed by atoms with Crippen molar-refractivity contribution in [1.29, 1.82) is 0 Å². The third-order valence-corrected chi connectivity index (χ3v) is 5.14. The van der Waals surface area contributed by atoms with Crippen LogP contribution in [0.15, 0.2) is 59.8 Å². The smallest absolute Gasteiger partial charge is 0.336 e. The summed E-state index contributed by atoms with van der Waals surface area (Å²) < 4.78 is 11.8. The van der Waals surface area contributed by atoms with Gasteiger partial charge in [0.1, 0.15) is 12.4 Å². The fourth-order valence-corrected chi connectivity index (χ4v) is 3.91. The molecule has 4 rings (SSSR count). The lowest BCUT2D eigenvalue weighted by Gasteiger charge is -2.45. The van der Waals surface area contributed by atoms with Crippen molar-refractivity contribution in [1.82, 2.24) is 5.32 Å². The number of para-hydroxylation sites is 1. The van der Waals surface area contributed by atoms with Gasteiger partial charge in [-0.15, -0.1) is 0 Å². The number of ether oxygens (including phenoxy) is 2. The number of carbonyl (C=O) groups excluding carboxylic acids is 1. The van der Waals surface area contributed by atoms with Gasteiger partial charge in [-0.05, 0) is 32.4 Å². The Labute approximate surface area is 153 Å². The Morgan fingerprint density at radius 1 is 1.19 bits per heavy atom. The first-order valence-electron chi connectivity index (χ1n) is 8.95. The van der Waals surface area contributed by atoms with E-state index in [-0.39, 0.29) is 18.5 Å². The number of benzene rings is 2. The van der Waals surface area contributed by atoms with Crippen molar-refractivity contribution in [3.8, 4) is 5.75 Å². The molecule has 0 saturated carbocycles. The summed E-state index contributed by atoms with van der Waals surface area (Å²) in [7, 11) is 0. The summed E-state index contributed by atoms with van der Waals surface area (Å²) in [6.07, 6.45) is 0.705. The molecule has 4 nitrogen and oxygen atoms in total. The lowest BCUT2D eigenvalue weighted by Crippen LogP contribution is -2.54. The van der Waals surface area contributed by atoms with Gasteiger partial charge >= 0.3 is 5.97 Å². The third kappa shape index (κ3) is 2.96. The van der Waals surface area contributed by atoms with Crippen LogP contribution in [-0.2, 0) is 16.1 Å². The van der Waals surface area contributed by atoms with E-state index in [1.54, 1.807) is 0 Å². The highest BCUT2D eigenvalue weighted by molar-refractivity contribution is 5.91. The fraction of sp³-hybridized carbons (Fsp3) is 0.318. The van der Waals surface area contributed by atoms with Gasteiger partial charge in [0.2, 0.25) is 0 Å². The van der Waals surface area contributed by atoms with Gasteiger partial charge in [0.15, 0.2) is 5.72 Å². The van der Waals surface area contributed by atoms with Crippen molar-refractivity contribution in [2.45, 2.75) is 45.4 Å². The first-order chi connectivity index (χ1) is 12.5. The van der Waals surface area contributed by atoms with Crippen molar-refractivity contribution in [2.75, 3.05) is 0 Å².